The van der Waals surface area contributed by atoms with Crippen LogP contribution in [0.1, 0.15) is 24.3 Å². The van der Waals surface area contributed by atoms with Gasteiger partial charge in [0, 0.05) is 55.1 Å². The molecule has 1 atom stereocenters. The first-order valence-corrected chi connectivity index (χ1v) is 8.97. The van der Waals surface area contributed by atoms with Gasteiger partial charge in [-0.3, -0.25) is 9.69 Å². The number of pyridine rings is 1. The zero-order valence-electron chi connectivity index (χ0n) is 14.8. The molecule has 0 radical (unpaired) electrons. The van der Waals surface area contributed by atoms with Crippen LogP contribution in [0.2, 0.25) is 0 Å². The van der Waals surface area contributed by atoms with Crippen LogP contribution in [0, 0.1) is 0 Å². The molecule has 0 bridgehead atoms. The van der Waals surface area contributed by atoms with Crippen molar-refractivity contribution in [3.63, 3.8) is 0 Å². The van der Waals surface area contributed by atoms with Gasteiger partial charge in [0.2, 0.25) is 5.89 Å². The average Bonchev–Trinajstić information content (AvgIpc) is 3.10. The van der Waals surface area contributed by atoms with Crippen LogP contribution in [0.5, 0.6) is 0 Å². The third-order valence-corrected chi connectivity index (χ3v) is 4.63. The molecule has 0 amide bonds. The second-order valence-corrected chi connectivity index (χ2v) is 6.59. The number of aryl methyl sites for hydroxylation is 1. The van der Waals surface area contributed by atoms with E-state index in [1.807, 2.05) is 31.2 Å². The monoisotopic (exact) mass is 354 g/mol. The predicted molar refractivity (Wildman–Crippen MR) is 97.0 cm³/mol. The van der Waals surface area contributed by atoms with E-state index in [-0.39, 0.29) is 11.5 Å². The summed E-state index contributed by atoms with van der Waals surface area (Å²) in [6.07, 6.45) is 1.40. The van der Waals surface area contributed by atoms with Gasteiger partial charge in [0.25, 0.3) is 0 Å². The van der Waals surface area contributed by atoms with Crippen LogP contribution in [0.4, 0.5) is 0 Å². The van der Waals surface area contributed by atoms with E-state index in [1.165, 1.54) is 0 Å². The number of aromatic nitrogens is 3. The van der Waals surface area contributed by atoms with Gasteiger partial charge < -0.3 is 14.2 Å². The van der Waals surface area contributed by atoms with Crippen molar-refractivity contribution in [2.75, 3.05) is 19.7 Å². The van der Waals surface area contributed by atoms with Crippen molar-refractivity contribution < 1.29 is 9.26 Å². The highest BCUT2D eigenvalue weighted by Crippen LogP contribution is 2.14. The largest absolute Gasteiger partial charge is 0.375 e. The first-order chi connectivity index (χ1) is 12.7. The van der Waals surface area contributed by atoms with E-state index in [1.54, 1.807) is 6.07 Å². The molecule has 0 aliphatic carbocycles. The predicted octanol–water partition coefficient (Wildman–Crippen LogP) is 1.92. The van der Waals surface area contributed by atoms with Crippen LogP contribution in [-0.2, 0) is 24.1 Å². The zero-order chi connectivity index (χ0) is 17.9. The van der Waals surface area contributed by atoms with Gasteiger partial charge in [-0.25, -0.2) is 0 Å². The molecular weight excluding hydrogens is 332 g/mol. The highest BCUT2D eigenvalue weighted by molar-refractivity contribution is 5.78. The molecule has 136 valence electrons. The maximum Gasteiger partial charge on any atom is 0.226 e. The lowest BCUT2D eigenvalue weighted by Gasteiger charge is -2.32. The Bertz CT molecular complexity index is 949. The molecule has 3 heterocycles. The van der Waals surface area contributed by atoms with E-state index in [2.05, 4.69) is 20.0 Å². The van der Waals surface area contributed by atoms with Crippen LogP contribution in [-0.4, -0.2) is 45.8 Å². The topological polar surface area (TPSA) is 84.2 Å². The van der Waals surface area contributed by atoms with Gasteiger partial charge in [0.15, 0.2) is 11.3 Å². The summed E-state index contributed by atoms with van der Waals surface area (Å²) >= 11 is 0. The lowest BCUT2D eigenvalue weighted by atomic mass is 10.1. The number of morpholine rings is 1. The number of fused-ring (bicyclic) bond motifs is 1. The molecule has 1 aliphatic heterocycles. The Balaban J connectivity index is 1.44. The lowest BCUT2D eigenvalue weighted by Crippen LogP contribution is -2.43. The number of benzene rings is 1. The Morgan fingerprint density at radius 1 is 1.35 bits per heavy atom. The highest BCUT2D eigenvalue weighted by Gasteiger charge is 2.23. The minimum atomic E-state index is 0.0261. The Hall–Kier alpha value is -2.51. The maximum atomic E-state index is 12.3. The van der Waals surface area contributed by atoms with E-state index < -0.39 is 0 Å². The molecule has 7 heteroatoms. The van der Waals surface area contributed by atoms with Crippen molar-refractivity contribution in [1.29, 1.82) is 0 Å². The summed E-state index contributed by atoms with van der Waals surface area (Å²) < 4.78 is 11.0. The van der Waals surface area contributed by atoms with E-state index >= 15 is 0 Å². The number of H-pyrrole nitrogens is 1. The van der Waals surface area contributed by atoms with Crippen LogP contribution in [0.15, 0.2) is 39.6 Å². The molecule has 1 N–H and O–H groups in total. The fourth-order valence-corrected chi connectivity index (χ4v) is 3.35. The first-order valence-electron chi connectivity index (χ1n) is 8.97. The Labute approximate surface area is 151 Å². The molecule has 1 aromatic carbocycles. The van der Waals surface area contributed by atoms with Gasteiger partial charge in [-0.05, 0) is 12.1 Å². The minimum Gasteiger partial charge on any atom is -0.375 e. The molecule has 7 nitrogen and oxygen atoms in total. The van der Waals surface area contributed by atoms with E-state index in [9.17, 15) is 4.79 Å². The summed E-state index contributed by atoms with van der Waals surface area (Å²) in [6.45, 7) is 4.93. The Kier molecular flexibility index (Phi) is 4.81. The number of hydrogen-bond acceptors (Lipinski definition) is 6. The van der Waals surface area contributed by atoms with Crippen LogP contribution >= 0.6 is 0 Å². The van der Waals surface area contributed by atoms with Crippen molar-refractivity contribution in [2.24, 2.45) is 0 Å². The summed E-state index contributed by atoms with van der Waals surface area (Å²) in [6, 6.07) is 9.29. The van der Waals surface area contributed by atoms with Crippen molar-refractivity contribution in [3.8, 4) is 0 Å². The number of para-hydroxylation sites is 1. The summed E-state index contributed by atoms with van der Waals surface area (Å²) in [7, 11) is 0. The highest BCUT2D eigenvalue weighted by atomic mass is 16.5. The molecule has 0 saturated carbocycles. The summed E-state index contributed by atoms with van der Waals surface area (Å²) in [5.74, 6) is 1.34. The number of nitrogens with one attached hydrogen (secondary N) is 1. The Morgan fingerprint density at radius 3 is 3.08 bits per heavy atom. The average molecular weight is 354 g/mol. The Morgan fingerprint density at radius 2 is 2.23 bits per heavy atom. The summed E-state index contributed by atoms with van der Waals surface area (Å²) in [5.41, 5.74) is 1.85. The van der Waals surface area contributed by atoms with Crippen LogP contribution in [0.3, 0.4) is 0 Å². The molecule has 1 fully saturated rings. The number of nitrogens with zero attached hydrogens (tertiary/aromatic N) is 3. The molecular formula is C19H22N4O3. The van der Waals surface area contributed by atoms with E-state index in [0.29, 0.717) is 31.3 Å². The number of hydrogen-bond donors (Lipinski definition) is 1. The standard InChI is InChI=1S/C19H22N4O3/c1-2-19-21-18(22-26-19)10-14-12-23(7-8-25-14)11-13-9-17(24)15-5-3-4-6-16(15)20-13/h3-6,9,14H,2,7-8,10-12H2,1H3,(H,20,24). The van der Waals surface area contributed by atoms with Gasteiger partial charge in [0.05, 0.1) is 12.7 Å². The van der Waals surface area contributed by atoms with E-state index in [0.717, 1.165) is 36.1 Å². The SMILES string of the molecule is CCc1nc(CC2CN(Cc3cc(=O)c4ccccc4[nH]3)CCO2)no1. The third-order valence-electron chi connectivity index (χ3n) is 4.63. The van der Waals surface area contributed by atoms with Crippen molar-refractivity contribution in [2.45, 2.75) is 32.4 Å². The first kappa shape index (κ1) is 16.9. The van der Waals surface area contributed by atoms with Crippen molar-refractivity contribution in [3.05, 3.63) is 58.0 Å². The summed E-state index contributed by atoms with van der Waals surface area (Å²) in [4.78, 5) is 22.3. The number of aromatic amines is 1. The third kappa shape index (κ3) is 3.68. The van der Waals surface area contributed by atoms with Crippen LogP contribution < -0.4 is 5.43 Å². The zero-order valence-corrected chi connectivity index (χ0v) is 14.8. The molecule has 1 aliphatic rings. The van der Waals surface area contributed by atoms with Gasteiger partial charge in [-0.2, -0.15) is 4.98 Å². The normalized spacial score (nSPS) is 18.4. The molecule has 2 aromatic heterocycles. The number of rotatable bonds is 5. The maximum absolute atomic E-state index is 12.3. The quantitative estimate of drug-likeness (QED) is 0.753. The van der Waals surface area contributed by atoms with Gasteiger partial charge >= 0.3 is 0 Å². The van der Waals surface area contributed by atoms with Gasteiger partial charge in [0.1, 0.15) is 0 Å². The fraction of sp³-hybridized carbons (Fsp3) is 0.421. The second-order valence-electron chi connectivity index (χ2n) is 6.59. The van der Waals surface area contributed by atoms with E-state index in [4.69, 9.17) is 9.26 Å². The number of ether oxygens (including phenoxy) is 1. The van der Waals surface area contributed by atoms with Crippen LogP contribution in [0.25, 0.3) is 10.9 Å². The van der Waals surface area contributed by atoms with Gasteiger partial charge in [-0.15, -0.1) is 0 Å². The second kappa shape index (κ2) is 7.39. The van der Waals surface area contributed by atoms with Gasteiger partial charge in [-0.1, -0.05) is 24.2 Å². The molecule has 26 heavy (non-hydrogen) atoms. The molecule has 1 unspecified atom stereocenters. The molecule has 4 rings (SSSR count). The lowest BCUT2D eigenvalue weighted by molar-refractivity contribution is -0.0318. The molecule has 0 spiro atoms. The summed E-state index contributed by atoms with van der Waals surface area (Å²) in [5, 5.41) is 4.73. The van der Waals surface area contributed by atoms with Crippen molar-refractivity contribution >= 4 is 10.9 Å². The molecule has 1 saturated heterocycles. The minimum absolute atomic E-state index is 0.0261. The smallest absolute Gasteiger partial charge is 0.226 e. The fourth-order valence-electron chi connectivity index (χ4n) is 3.35. The molecule has 3 aromatic rings. The van der Waals surface area contributed by atoms with Crippen molar-refractivity contribution in [1.82, 2.24) is 20.0 Å².